The van der Waals surface area contributed by atoms with E-state index < -0.39 is 11.7 Å². The number of benzene rings is 3. The van der Waals surface area contributed by atoms with Crippen molar-refractivity contribution in [1.82, 2.24) is 4.90 Å². The van der Waals surface area contributed by atoms with Crippen molar-refractivity contribution in [2.24, 2.45) is 5.92 Å². The van der Waals surface area contributed by atoms with Gasteiger partial charge in [0.05, 0.1) is 6.04 Å². The largest absolute Gasteiger partial charge is 0.441 e. The van der Waals surface area contributed by atoms with E-state index in [1.54, 1.807) is 0 Å². The van der Waals surface area contributed by atoms with Crippen molar-refractivity contribution in [3.63, 3.8) is 0 Å². The molecule has 1 atom stereocenters. The van der Waals surface area contributed by atoms with Crippen molar-refractivity contribution in [3.05, 3.63) is 108 Å². The first kappa shape index (κ1) is 21.8. The van der Waals surface area contributed by atoms with Gasteiger partial charge >= 0.3 is 6.09 Å². The number of amides is 2. The van der Waals surface area contributed by atoms with Crippen LogP contribution in [-0.4, -0.2) is 28.5 Å². The maximum atomic E-state index is 13.9. The molecule has 0 spiro atoms. The summed E-state index contributed by atoms with van der Waals surface area (Å²) in [5.74, 6) is -0.534. The van der Waals surface area contributed by atoms with Crippen LogP contribution in [0.3, 0.4) is 0 Å². The second-order valence-electron chi connectivity index (χ2n) is 8.96. The molecule has 0 aliphatic carbocycles. The number of rotatable bonds is 7. The third-order valence-electron chi connectivity index (χ3n) is 6.17. The number of nitrogens with zero attached hydrogens (tertiary/aromatic N) is 1. The molecule has 0 aromatic heterocycles. The van der Waals surface area contributed by atoms with Gasteiger partial charge in [-0.25, -0.2) is 9.69 Å². The quantitative estimate of drug-likeness (QED) is 0.503. The van der Waals surface area contributed by atoms with E-state index in [1.807, 2.05) is 105 Å². The zero-order valence-electron chi connectivity index (χ0n) is 18.6. The summed E-state index contributed by atoms with van der Waals surface area (Å²) in [6.45, 7) is 3.77. The van der Waals surface area contributed by atoms with E-state index in [0.29, 0.717) is 19.3 Å². The van der Waals surface area contributed by atoms with E-state index in [2.05, 4.69) is 0 Å². The number of hydrogen-bond donors (Lipinski definition) is 0. The SMILES string of the molecule is CC1(C)OC(=O)N(C(=O)C(Cc2ccccc2)Cc2ccccc2)[C@H]1Cc1ccccc1. The highest BCUT2D eigenvalue weighted by Crippen LogP contribution is 2.34. The van der Waals surface area contributed by atoms with Crippen molar-refractivity contribution in [2.75, 3.05) is 0 Å². The normalized spacial score (nSPS) is 17.4. The first-order valence-corrected chi connectivity index (χ1v) is 11.1. The van der Waals surface area contributed by atoms with Crippen molar-refractivity contribution in [2.45, 2.75) is 44.8 Å². The van der Waals surface area contributed by atoms with Gasteiger partial charge in [-0.15, -0.1) is 0 Å². The summed E-state index contributed by atoms with van der Waals surface area (Å²) in [6, 6.07) is 29.5. The van der Waals surface area contributed by atoms with Crippen LogP contribution in [0.4, 0.5) is 4.79 Å². The van der Waals surface area contributed by atoms with Crippen LogP contribution < -0.4 is 0 Å². The van der Waals surface area contributed by atoms with Gasteiger partial charge in [0.15, 0.2) is 0 Å². The van der Waals surface area contributed by atoms with Crippen LogP contribution >= 0.6 is 0 Å². The van der Waals surface area contributed by atoms with E-state index in [9.17, 15) is 9.59 Å². The Morgan fingerprint density at radius 1 is 0.812 bits per heavy atom. The zero-order chi connectivity index (χ0) is 22.6. The molecule has 0 saturated carbocycles. The van der Waals surface area contributed by atoms with Crippen LogP contribution in [0, 0.1) is 5.92 Å². The lowest BCUT2D eigenvalue weighted by Gasteiger charge is -2.30. The van der Waals surface area contributed by atoms with Crippen molar-refractivity contribution in [1.29, 1.82) is 0 Å². The van der Waals surface area contributed by atoms with Gasteiger partial charge in [-0.3, -0.25) is 4.79 Å². The standard InChI is InChI=1S/C28H29NO3/c1-28(2)25(20-23-16-10-5-11-17-23)29(27(31)32-28)26(30)24(18-21-12-6-3-7-13-21)19-22-14-8-4-9-15-22/h3-17,24-25H,18-20H2,1-2H3/t25-/m0/s1. The Bertz CT molecular complexity index is 1010. The average molecular weight is 428 g/mol. The van der Waals surface area contributed by atoms with Crippen molar-refractivity contribution >= 4 is 12.0 Å². The lowest BCUT2D eigenvalue weighted by atomic mass is 9.88. The molecule has 32 heavy (non-hydrogen) atoms. The average Bonchev–Trinajstić information content (AvgIpc) is 3.02. The summed E-state index contributed by atoms with van der Waals surface area (Å²) in [6.07, 6.45) is 1.15. The highest BCUT2D eigenvalue weighted by Gasteiger charge is 2.51. The minimum absolute atomic E-state index is 0.172. The monoisotopic (exact) mass is 427 g/mol. The molecule has 4 nitrogen and oxygen atoms in total. The van der Waals surface area contributed by atoms with Gasteiger partial charge < -0.3 is 4.74 Å². The molecule has 1 fully saturated rings. The Labute approximate surface area is 189 Å². The van der Waals surface area contributed by atoms with Gasteiger partial charge in [0.1, 0.15) is 5.60 Å². The van der Waals surface area contributed by atoms with Crippen molar-refractivity contribution < 1.29 is 14.3 Å². The molecule has 2 amide bonds. The topological polar surface area (TPSA) is 46.6 Å². The number of ether oxygens (including phenoxy) is 1. The molecule has 0 radical (unpaired) electrons. The predicted molar refractivity (Wildman–Crippen MR) is 125 cm³/mol. The molecular weight excluding hydrogens is 398 g/mol. The molecule has 1 aliphatic heterocycles. The van der Waals surface area contributed by atoms with Gasteiger partial charge in [0.25, 0.3) is 0 Å². The number of carbonyl (C=O) groups excluding carboxylic acids is 2. The molecule has 1 aliphatic rings. The third kappa shape index (κ3) is 4.91. The lowest BCUT2D eigenvalue weighted by molar-refractivity contribution is -0.133. The molecule has 0 N–H and O–H groups in total. The van der Waals surface area contributed by atoms with Crippen LogP contribution in [0.15, 0.2) is 91.0 Å². The molecule has 3 aromatic rings. The minimum atomic E-state index is -0.757. The van der Waals surface area contributed by atoms with Crippen LogP contribution in [0.25, 0.3) is 0 Å². The number of cyclic esters (lactones) is 1. The summed E-state index contributed by atoms with van der Waals surface area (Å²) in [5, 5.41) is 0. The Morgan fingerprint density at radius 3 is 1.72 bits per heavy atom. The first-order valence-electron chi connectivity index (χ1n) is 11.1. The molecule has 4 heteroatoms. The highest BCUT2D eigenvalue weighted by atomic mass is 16.6. The highest BCUT2D eigenvalue weighted by molar-refractivity contribution is 5.95. The smallest absolute Gasteiger partial charge is 0.417 e. The molecule has 3 aromatic carbocycles. The van der Waals surface area contributed by atoms with E-state index >= 15 is 0 Å². The van der Waals surface area contributed by atoms with E-state index in [4.69, 9.17) is 4.74 Å². The molecule has 164 valence electrons. The fraction of sp³-hybridized carbons (Fsp3) is 0.286. The first-order chi connectivity index (χ1) is 15.4. The van der Waals surface area contributed by atoms with E-state index in [1.165, 1.54) is 4.90 Å². The van der Waals surface area contributed by atoms with Crippen LogP contribution in [0.1, 0.15) is 30.5 Å². The number of hydrogen-bond acceptors (Lipinski definition) is 3. The summed E-state index contributed by atoms with van der Waals surface area (Å²) in [5.41, 5.74) is 2.47. The van der Waals surface area contributed by atoms with Gasteiger partial charge in [-0.05, 0) is 49.8 Å². The molecule has 0 bridgehead atoms. The van der Waals surface area contributed by atoms with E-state index in [-0.39, 0.29) is 17.9 Å². The molecule has 4 rings (SSSR count). The maximum absolute atomic E-state index is 13.9. The summed E-state index contributed by atoms with van der Waals surface area (Å²) < 4.78 is 5.68. The second-order valence-corrected chi connectivity index (χ2v) is 8.96. The van der Waals surface area contributed by atoms with Crippen LogP contribution in [0.5, 0.6) is 0 Å². The molecule has 0 unspecified atom stereocenters. The van der Waals surface area contributed by atoms with Gasteiger partial charge in [0.2, 0.25) is 5.91 Å². The summed E-state index contributed by atoms with van der Waals surface area (Å²) >= 11 is 0. The fourth-order valence-corrected chi connectivity index (χ4v) is 4.44. The van der Waals surface area contributed by atoms with Gasteiger partial charge in [-0.2, -0.15) is 0 Å². The molecule has 1 heterocycles. The van der Waals surface area contributed by atoms with Crippen LogP contribution in [0.2, 0.25) is 0 Å². The fourth-order valence-electron chi connectivity index (χ4n) is 4.44. The van der Waals surface area contributed by atoms with Gasteiger partial charge in [-0.1, -0.05) is 91.0 Å². The predicted octanol–water partition coefficient (Wildman–Crippen LogP) is 5.46. The Morgan fingerprint density at radius 2 is 1.25 bits per heavy atom. The Hall–Kier alpha value is -3.40. The Kier molecular flexibility index (Phi) is 6.40. The summed E-state index contributed by atoms with van der Waals surface area (Å²) in [7, 11) is 0. The van der Waals surface area contributed by atoms with Crippen molar-refractivity contribution in [3.8, 4) is 0 Å². The summed E-state index contributed by atoms with van der Waals surface area (Å²) in [4.78, 5) is 28.2. The zero-order valence-corrected chi connectivity index (χ0v) is 18.6. The molecule has 1 saturated heterocycles. The lowest BCUT2D eigenvalue weighted by Crippen LogP contribution is -2.48. The maximum Gasteiger partial charge on any atom is 0.417 e. The van der Waals surface area contributed by atoms with E-state index in [0.717, 1.165) is 16.7 Å². The van der Waals surface area contributed by atoms with Gasteiger partial charge in [0, 0.05) is 5.92 Å². The number of carbonyl (C=O) groups is 2. The number of imide groups is 1. The Balaban J connectivity index is 1.64. The second kappa shape index (κ2) is 9.39. The minimum Gasteiger partial charge on any atom is -0.441 e. The van der Waals surface area contributed by atoms with Crippen LogP contribution in [-0.2, 0) is 28.8 Å². The third-order valence-corrected chi connectivity index (χ3v) is 6.17. The molecular formula is C28H29NO3.